The number of aromatic nitrogens is 2. The molecule has 34 heavy (non-hydrogen) atoms. The van der Waals surface area contributed by atoms with Crippen LogP contribution in [0.4, 0.5) is 0 Å². The molecule has 2 N–H and O–H groups in total. The van der Waals surface area contributed by atoms with Gasteiger partial charge in [-0.05, 0) is 48.3 Å². The molecule has 0 radical (unpaired) electrons. The SMILES string of the molecule is CCC(C(=O)N1C[C@H](O)C[C@H]1C(=O)NOc1ccc(-c2scnc2C)cc1)c1cc(OC)no1. The average molecular weight is 487 g/mol. The highest BCUT2D eigenvalue weighted by Gasteiger charge is 2.42. The van der Waals surface area contributed by atoms with Gasteiger partial charge in [0, 0.05) is 19.0 Å². The number of nitrogens with one attached hydrogen (secondary N) is 1. The summed E-state index contributed by atoms with van der Waals surface area (Å²) in [6.07, 6.45) is -0.274. The molecule has 1 aliphatic heterocycles. The van der Waals surface area contributed by atoms with Gasteiger partial charge < -0.3 is 24.1 Å². The quantitative estimate of drug-likeness (QED) is 0.465. The van der Waals surface area contributed by atoms with Gasteiger partial charge in [-0.3, -0.25) is 9.59 Å². The van der Waals surface area contributed by atoms with Gasteiger partial charge in [0.15, 0.2) is 11.5 Å². The highest BCUT2D eigenvalue weighted by atomic mass is 32.1. The second-order valence-electron chi connectivity index (χ2n) is 7.99. The summed E-state index contributed by atoms with van der Waals surface area (Å²) < 4.78 is 10.3. The van der Waals surface area contributed by atoms with Gasteiger partial charge >= 0.3 is 0 Å². The van der Waals surface area contributed by atoms with E-state index < -0.39 is 24.0 Å². The number of carbonyl (C=O) groups is 2. The number of hydrogen-bond donors (Lipinski definition) is 2. The molecule has 2 amide bonds. The Balaban J connectivity index is 1.41. The Morgan fingerprint density at radius 1 is 1.35 bits per heavy atom. The number of hydrogen-bond acceptors (Lipinski definition) is 9. The fourth-order valence-corrected chi connectivity index (χ4v) is 4.78. The van der Waals surface area contributed by atoms with Crippen LogP contribution in [0.15, 0.2) is 40.4 Å². The summed E-state index contributed by atoms with van der Waals surface area (Å²) >= 11 is 1.55. The second kappa shape index (κ2) is 10.2. The zero-order chi connectivity index (χ0) is 24.2. The van der Waals surface area contributed by atoms with Gasteiger partial charge in [0.25, 0.3) is 11.8 Å². The highest BCUT2D eigenvalue weighted by molar-refractivity contribution is 7.13. The van der Waals surface area contributed by atoms with Crippen molar-refractivity contribution in [2.45, 2.75) is 44.8 Å². The lowest BCUT2D eigenvalue weighted by Gasteiger charge is -2.26. The van der Waals surface area contributed by atoms with Crippen LogP contribution in [0.1, 0.15) is 37.1 Å². The molecule has 3 aromatic rings. The van der Waals surface area contributed by atoms with Gasteiger partial charge in [-0.1, -0.05) is 6.92 Å². The van der Waals surface area contributed by atoms with Crippen LogP contribution >= 0.6 is 11.3 Å². The van der Waals surface area contributed by atoms with Crippen LogP contribution in [0.5, 0.6) is 11.6 Å². The topological polar surface area (TPSA) is 127 Å². The number of thiazole rings is 1. The van der Waals surface area contributed by atoms with Crippen molar-refractivity contribution in [2.75, 3.05) is 13.7 Å². The van der Waals surface area contributed by atoms with E-state index in [0.717, 1.165) is 16.1 Å². The summed E-state index contributed by atoms with van der Waals surface area (Å²) in [5, 5.41) is 13.9. The molecule has 0 spiro atoms. The van der Waals surface area contributed by atoms with E-state index in [-0.39, 0.29) is 24.8 Å². The number of carbonyl (C=O) groups excluding carboxylic acids is 2. The number of methoxy groups -OCH3 is 1. The van der Waals surface area contributed by atoms with Crippen LogP contribution in [-0.2, 0) is 9.59 Å². The number of likely N-dealkylation sites (tertiary alicyclic amines) is 1. The van der Waals surface area contributed by atoms with Crippen molar-refractivity contribution in [2.24, 2.45) is 0 Å². The first-order valence-electron chi connectivity index (χ1n) is 10.9. The number of ether oxygens (including phenoxy) is 1. The van der Waals surface area contributed by atoms with Crippen LogP contribution in [-0.4, -0.2) is 57.8 Å². The third kappa shape index (κ3) is 4.90. The molecule has 1 fully saturated rings. The first kappa shape index (κ1) is 23.7. The molecule has 2 aromatic heterocycles. The first-order valence-corrected chi connectivity index (χ1v) is 11.8. The van der Waals surface area contributed by atoms with E-state index in [9.17, 15) is 14.7 Å². The number of aliphatic hydroxyl groups is 1. The summed E-state index contributed by atoms with van der Waals surface area (Å²) in [5.41, 5.74) is 6.16. The third-order valence-corrected chi connectivity index (χ3v) is 6.74. The van der Waals surface area contributed by atoms with Crippen molar-refractivity contribution in [1.29, 1.82) is 0 Å². The summed E-state index contributed by atoms with van der Waals surface area (Å²) in [5.74, 6) is -0.449. The van der Waals surface area contributed by atoms with Crippen molar-refractivity contribution >= 4 is 23.2 Å². The Morgan fingerprint density at radius 3 is 2.74 bits per heavy atom. The maximum absolute atomic E-state index is 13.2. The zero-order valence-corrected chi connectivity index (χ0v) is 19.9. The van der Waals surface area contributed by atoms with E-state index in [1.807, 2.05) is 26.0 Å². The molecule has 4 rings (SSSR count). The van der Waals surface area contributed by atoms with Crippen molar-refractivity contribution < 1.29 is 28.8 Å². The number of benzene rings is 1. The normalized spacial score (nSPS) is 18.5. The summed E-state index contributed by atoms with van der Waals surface area (Å²) in [7, 11) is 1.45. The standard InChI is InChI=1S/C23H26N4O6S/c1-4-17(19-10-20(31-3)25-33-19)23(30)27-11-15(28)9-18(27)22(29)26-32-16-7-5-14(6-8-16)21-13(2)24-12-34-21/h5-8,10,12,15,17-18,28H,4,9,11H2,1-3H3,(H,26,29)/t15-,17?,18+/m1/s1. The van der Waals surface area contributed by atoms with Crippen LogP contribution in [0.3, 0.4) is 0 Å². The lowest BCUT2D eigenvalue weighted by molar-refractivity contribution is -0.142. The smallest absolute Gasteiger partial charge is 0.275 e. The Labute approximate surface area is 200 Å². The molecule has 1 aliphatic rings. The van der Waals surface area contributed by atoms with Crippen LogP contribution in [0, 0.1) is 6.92 Å². The molecule has 180 valence electrons. The predicted molar refractivity (Wildman–Crippen MR) is 123 cm³/mol. The zero-order valence-electron chi connectivity index (χ0n) is 19.1. The number of aliphatic hydroxyl groups excluding tert-OH is 1. The average Bonchev–Trinajstić information content (AvgIpc) is 3.58. The number of aryl methyl sites for hydroxylation is 1. The molecule has 0 bridgehead atoms. The number of hydroxylamine groups is 1. The molecule has 1 saturated heterocycles. The molecule has 0 aliphatic carbocycles. The monoisotopic (exact) mass is 486 g/mol. The van der Waals surface area contributed by atoms with Crippen LogP contribution in [0.25, 0.3) is 10.4 Å². The number of rotatable bonds is 8. The maximum atomic E-state index is 13.2. The number of nitrogens with zero attached hydrogens (tertiary/aromatic N) is 3. The van der Waals surface area contributed by atoms with Crippen LogP contribution < -0.4 is 15.1 Å². The Morgan fingerprint density at radius 2 is 2.12 bits per heavy atom. The minimum atomic E-state index is -0.875. The van der Waals surface area contributed by atoms with Gasteiger partial charge in [-0.25, -0.2) is 4.98 Å². The molecular weight excluding hydrogens is 460 g/mol. The van der Waals surface area contributed by atoms with Crippen molar-refractivity contribution in [1.82, 2.24) is 20.5 Å². The van der Waals surface area contributed by atoms with E-state index in [2.05, 4.69) is 15.6 Å². The largest absolute Gasteiger partial charge is 0.479 e. The molecule has 3 heterocycles. The van der Waals surface area contributed by atoms with E-state index in [4.69, 9.17) is 14.1 Å². The Kier molecular flexibility index (Phi) is 7.13. The van der Waals surface area contributed by atoms with Gasteiger partial charge in [0.05, 0.1) is 35.2 Å². The fourth-order valence-electron chi connectivity index (χ4n) is 3.97. The Bertz CT molecular complexity index is 1140. The van der Waals surface area contributed by atoms with Gasteiger partial charge in [0.2, 0.25) is 5.91 Å². The second-order valence-corrected chi connectivity index (χ2v) is 8.84. The lowest BCUT2D eigenvalue weighted by Crippen LogP contribution is -2.48. The van der Waals surface area contributed by atoms with Gasteiger partial charge in [-0.2, -0.15) is 5.48 Å². The summed E-state index contributed by atoms with van der Waals surface area (Å²) in [6, 6.07) is 7.93. The maximum Gasteiger partial charge on any atom is 0.275 e. The molecule has 1 aromatic carbocycles. The van der Waals surface area contributed by atoms with Gasteiger partial charge in [0.1, 0.15) is 6.04 Å². The number of amides is 2. The fraction of sp³-hybridized carbons (Fsp3) is 0.391. The van der Waals surface area contributed by atoms with Crippen molar-refractivity contribution in [3.63, 3.8) is 0 Å². The molecule has 11 heteroatoms. The number of β-amino-alcohol motifs (C(OH)–C–C–N with tert-alkyl or cyclic N) is 1. The molecular formula is C23H26N4O6S. The first-order chi connectivity index (χ1) is 16.4. The minimum Gasteiger partial charge on any atom is -0.479 e. The summed E-state index contributed by atoms with van der Waals surface area (Å²) in [4.78, 5) is 38.3. The third-order valence-electron chi connectivity index (χ3n) is 5.76. The predicted octanol–water partition coefficient (Wildman–Crippen LogP) is 2.68. The molecule has 3 atom stereocenters. The van der Waals surface area contributed by atoms with Crippen LogP contribution in [0.2, 0.25) is 0 Å². The lowest BCUT2D eigenvalue weighted by atomic mass is 10.0. The molecule has 1 unspecified atom stereocenters. The van der Waals surface area contributed by atoms with E-state index in [0.29, 0.717) is 17.9 Å². The molecule has 0 saturated carbocycles. The highest BCUT2D eigenvalue weighted by Crippen LogP contribution is 2.30. The van der Waals surface area contributed by atoms with E-state index in [1.54, 1.807) is 35.0 Å². The van der Waals surface area contributed by atoms with Gasteiger partial charge in [-0.15, -0.1) is 11.3 Å². The van der Waals surface area contributed by atoms with Crippen molar-refractivity contribution in [3.05, 3.63) is 47.3 Å². The minimum absolute atomic E-state index is 0.0432. The van der Waals surface area contributed by atoms with Crippen molar-refractivity contribution in [3.8, 4) is 22.1 Å². The summed E-state index contributed by atoms with van der Waals surface area (Å²) in [6.45, 7) is 3.82. The molecule has 10 nitrogen and oxygen atoms in total. The Hall–Kier alpha value is -3.44. The van der Waals surface area contributed by atoms with E-state index in [1.165, 1.54) is 12.0 Å². The van der Waals surface area contributed by atoms with E-state index >= 15 is 0 Å².